The van der Waals surface area contributed by atoms with Gasteiger partial charge in [0.25, 0.3) is 10.0 Å². The van der Waals surface area contributed by atoms with Crippen molar-refractivity contribution in [2.75, 3.05) is 18.9 Å². The summed E-state index contributed by atoms with van der Waals surface area (Å²) in [7, 11) is -2.09. The topological polar surface area (TPSA) is 66.5 Å². The van der Waals surface area contributed by atoms with Crippen molar-refractivity contribution in [2.45, 2.75) is 17.1 Å². The minimum atomic E-state index is -3.53. The lowest BCUT2D eigenvalue weighted by atomic mass is 10.2. The van der Waals surface area contributed by atoms with Crippen LogP contribution in [0.5, 0.6) is 0 Å². The lowest BCUT2D eigenvalue weighted by molar-refractivity contribution is -0.116. The van der Waals surface area contributed by atoms with E-state index in [1.54, 1.807) is 11.4 Å². The van der Waals surface area contributed by atoms with E-state index in [9.17, 15) is 22.0 Å². The first-order chi connectivity index (χ1) is 11.3. The van der Waals surface area contributed by atoms with Crippen molar-refractivity contribution in [2.24, 2.45) is 0 Å². The van der Waals surface area contributed by atoms with Gasteiger partial charge in [0.2, 0.25) is 5.91 Å². The maximum Gasteiger partial charge on any atom is 0.252 e. The van der Waals surface area contributed by atoms with E-state index in [-0.39, 0.29) is 22.9 Å². The lowest BCUT2D eigenvalue weighted by Crippen LogP contribution is -2.28. The van der Waals surface area contributed by atoms with Gasteiger partial charge in [-0.25, -0.2) is 21.5 Å². The smallest absolute Gasteiger partial charge is 0.252 e. The predicted molar refractivity (Wildman–Crippen MR) is 88.4 cm³/mol. The number of benzene rings is 1. The highest BCUT2D eigenvalue weighted by Crippen LogP contribution is 2.20. The van der Waals surface area contributed by atoms with E-state index in [1.165, 1.54) is 23.5 Å². The third-order valence-corrected chi connectivity index (χ3v) is 6.47. The van der Waals surface area contributed by atoms with Crippen LogP contribution in [0, 0.1) is 11.6 Å². The van der Waals surface area contributed by atoms with E-state index in [2.05, 4.69) is 5.32 Å². The van der Waals surface area contributed by atoms with Gasteiger partial charge in [-0.3, -0.25) is 4.79 Å². The third kappa shape index (κ3) is 4.59. The number of hydrogen-bond acceptors (Lipinski definition) is 4. The third-order valence-electron chi connectivity index (χ3n) is 3.24. The van der Waals surface area contributed by atoms with Gasteiger partial charge in [-0.1, -0.05) is 6.07 Å². The summed E-state index contributed by atoms with van der Waals surface area (Å²) in [5.41, 5.74) is 0.151. The van der Waals surface area contributed by atoms with Crippen LogP contribution in [0.15, 0.2) is 39.9 Å². The summed E-state index contributed by atoms with van der Waals surface area (Å²) in [6, 6.07) is 6.24. The Balaban J connectivity index is 1.83. The second-order valence-corrected chi connectivity index (χ2v) is 8.26. The number of nitrogens with zero attached hydrogens (tertiary/aromatic N) is 1. The maximum absolute atomic E-state index is 13.1. The average molecular weight is 374 g/mol. The number of nitrogens with one attached hydrogen (secondary N) is 1. The molecule has 0 aliphatic rings. The predicted octanol–water partition coefficient (Wildman–Crippen LogP) is 3.07. The quantitative estimate of drug-likeness (QED) is 0.810. The molecule has 1 N–H and O–H groups in total. The van der Waals surface area contributed by atoms with Crippen LogP contribution >= 0.6 is 11.3 Å². The van der Waals surface area contributed by atoms with E-state index in [0.717, 1.165) is 23.5 Å². The van der Waals surface area contributed by atoms with Gasteiger partial charge < -0.3 is 5.32 Å². The van der Waals surface area contributed by atoms with Gasteiger partial charge in [0.05, 0.1) is 0 Å². The van der Waals surface area contributed by atoms with Crippen LogP contribution in [0.1, 0.15) is 12.8 Å². The van der Waals surface area contributed by atoms with Gasteiger partial charge in [0, 0.05) is 31.8 Å². The molecule has 1 heterocycles. The summed E-state index contributed by atoms with van der Waals surface area (Å²) in [6.07, 6.45) is 0.361. The van der Waals surface area contributed by atoms with Crippen LogP contribution in [-0.4, -0.2) is 32.2 Å². The average Bonchev–Trinajstić information content (AvgIpc) is 3.06. The Morgan fingerprint density at radius 3 is 2.62 bits per heavy atom. The van der Waals surface area contributed by atoms with Gasteiger partial charge in [0.1, 0.15) is 4.21 Å². The molecule has 2 aromatic rings. The van der Waals surface area contributed by atoms with Crippen LogP contribution in [-0.2, 0) is 14.8 Å². The first-order valence-electron chi connectivity index (χ1n) is 7.05. The first kappa shape index (κ1) is 18.5. The van der Waals surface area contributed by atoms with Crippen LogP contribution in [0.25, 0.3) is 0 Å². The second-order valence-electron chi connectivity index (χ2n) is 5.04. The molecular formula is C15H16F2N2O3S2. The van der Waals surface area contributed by atoms with Crippen LogP contribution in [0.4, 0.5) is 14.5 Å². The molecule has 1 aromatic heterocycles. The number of halogens is 2. The molecule has 0 saturated carbocycles. The largest absolute Gasteiger partial charge is 0.326 e. The van der Waals surface area contributed by atoms with Crippen molar-refractivity contribution >= 4 is 33.0 Å². The first-order valence-corrected chi connectivity index (χ1v) is 9.37. The number of carbonyl (C=O) groups is 1. The van der Waals surface area contributed by atoms with E-state index in [4.69, 9.17) is 0 Å². The fourth-order valence-electron chi connectivity index (χ4n) is 1.94. The van der Waals surface area contributed by atoms with Crippen molar-refractivity contribution < 1.29 is 22.0 Å². The van der Waals surface area contributed by atoms with Crippen molar-refractivity contribution in [1.82, 2.24) is 4.31 Å². The van der Waals surface area contributed by atoms with Crippen molar-refractivity contribution in [3.63, 3.8) is 0 Å². The van der Waals surface area contributed by atoms with Crippen molar-refractivity contribution in [1.29, 1.82) is 0 Å². The standard InChI is InChI=1S/C15H16F2N2O3S2/c1-19(24(21,22)15-5-3-9-23-15)8-2-4-14(20)18-11-6-7-12(16)13(17)10-11/h3,5-7,9-10H,2,4,8H2,1H3,(H,18,20). The highest BCUT2D eigenvalue weighted by molar-refractivity contribution is 7.91. The molecule has 0 saturated heterocycles. The molecule has 0 radical (unpaired) electrons. The Bertz CT molecular complexity index is 808. The molecule has 0 aliphatic carbocycles. The number of hydrogen-bond donors (Lipinski definition) is 1. The number of anilines is 1. The van der Waals surface area contributed by atoms with Gasteiger partial charge in [-0.05, 0) is 30.0 Å². The molecular weight excluding hydrogens is 358 g/mol. The highest BCUT2D eigenvalue weighted by Gasteiger charge is 2.21. The number of thiophene rings is 1. The summed E-state index contributed by atoms with van der Waals surface area (Å²) >= 11 is 1.13. The number of rotatable bonds is 7. The Kier molecular flexibility index (Phi) is 6.03. The molecule has 130 valence electrons. The molecule has 9 heteroatoms. The second kappa shape index (κ2) is 7.82. The number of carbonyl (C=O) groups excluding carboxylic acids is 1. The Morgan fingerprint density at radius 1 is 1.25 bits per heavy atom. The molecule has 0 fully saturated rings. The molecule has 0 spiro atoms. The Hall–Kier alpha value is -1.84. The zero-order chi connectivity index (χ0) is 17.7. The van der Waals surface area contributed by atoms with E-state index in [1.807, 2.05) is 0 Å². The van der Waals surface area contributed by atoms with Crippen LogP contribution in [0.3, 0.4) is 0 Å². The SMILES string of the molecule is CN(CCCC(=O)Nc1ccc(F)c(F)c1)S(=O)(=O)c1cccs1. The van der Waals surface area contributed by atoms with Crippen molar-refractivity contribution in [3.05, 3.63) is 47.3 Å². The zero-order valence-electron chi connectivity index (χ0n) is 12.8. The fraction of sp³-hybridized carbons (Fsp3) is 0.267. The van der Waals surface area contributed by atoms with E-state index >= 15 is 0 Å². The molecule has 2 rings (SSSR count). The van der Waals surface area contributed by atoms with Gasteiger partial charge >= 0.3 is 0 Å². The number of sulfonamides is 1. The molecule has 0 aliphatic heterocycles. The van der Waals surface area contributed by atoms with Gasteiger partial charge in [-0.15, -0.1) is 11.3 Å². The number of amides is 1. The monoisotopic (exact) mass is 374 g/mol. The summed E-state index contributed by atoms with van der Waals surface area (Å²) in [5.74, 6) is -2.44. The Morgan fingerprint density at radius 2 is 2.00 bits per heavy atom. The summed E-state index contributed by atoms with van der Waals surface area (Å²) < 4.78 is 51.7. The molecule has 1 aromatic carbocycles. The molecule has 24 heavy (non-hydrogen) atoms. The molecule has 0 bridgehead atoms. The summed E-state index contributed by atoms with van der Waals surface area (Å²) in [4.78, 5) is 11.8. The molecule has 0 unspecified atom stereocenters. The normalized spacial score (nSPS) is 11.7. The summed E-state index contributed by atoms with van der Waals surface area (Å²) in [6.45, 7) is 0.172. The van der Waals surface area contributed by atoms with Crippen LogP contribution in [0.2, 0.25) is 0 Å². The van der Waals surface area contributed by atoms with Crippen molar-refractivity contribution in [3.8, 4) is 0 Å². The minimum absolute atomic E-state index is 0.0588. The summed E-state index contributed by atoms with van der Waals surface area (Å²) in [5, 5.41) is 4.12. The molecule has 0 atom stereocenters. The van der Waals surface area contributed by atoms with Crippen LogP contribution < -0.4 is 5.32 Å². The Labute approximate surface area is 143 Å². The maximum atomic E-state index is 13.1. The lowest BCUT2D eigenvalue weighted by Gasteiger charge is -2.15. The fourth-order valence-corrected chi connectivity index (χ4v) is 4.35. The van der Waals surface area contributed by atoms with E-state index in [0.29, 0.717) is 6.42 Å². The van der Waals surface area contributed by atoms with Gasteiger partial charge in [-0.2, -0.15) is 0 Å². The highest BCUT2D eigenvalue weighted by atomic mass is 32.2. The molecule has 1 amide bonds. The minimum Gasteiger partial charge on any atom is -0.326 e. The van der Waals surface area contributed by atoms with E-state index < -0.39 is 27.6 Å². The molecule has 5 nitrogen and oxygen atoms in total. The zero-order valence-corrected chi connectivity index (χ0v) is 14.5. The van der Waals surface area contributed by atoms with Gasteiger partial charge in [0.15, 0.2) is 11.6 Å².